The molecule has 3 rings (SSSR count). The van der Waals surface area contributed by atoms with Gasteiger partial charge in [-0.25, -0.2) is 4.79 Å². The number of aryl methyl sites for hydroxylation is 1. The molecule has 20 heavy (non-hydrogen) atoms. The number of aromatic carboxylic acids is 1. The van der Waals surface area contributed by atoms with E-state index < -0.39 is 5.97 Å². The fourth-order valence-electron chi connectivity index (χ4n) is 3.32. The van der Waals surface area contributed by atoms with Crippen molar-refractivity contribution in [2.45, 2.75) is 39.9 Å². The van der Waals surface area contributed by atoms with Crippen molar-refractivity contribution in [3.8, 4) is 0 Å². The molecule has 2 aromatic rings. The summed E-state index contributed by atoms with van der Waals surface area (Å²) in [6.07, 6.45) is 1.00. The highest BCUT2D eigenvalue weighted by molar-refractivity contribution is 6.05. The first-order valence-corrected chi connectivity index (χ1v) is 7.09. The van der Waals surface area contributed by atoms with Gasteiger partial charge in [-0.1, -0.05) is 6.92 Å². The van der Waals surface area contributed by atoms with Crippen LogP contribution in [-0.4, -0.2) is 27.6 Å². The maximum absolute atomic E-state index is 11.6. The number of hydrogen-bond donors (Lipinski definition) is 1. The number of nitrogens with zero attached hydrogens (tertiary/aromatic N) is 2. The van der Waals surface area contributed by atoms with Crippen molar-refractivity contribution in [1.82, 2.24) is 9.47 Å². The Labute approximate surface area is 118 Å². The van der Waals surface area contributed by atoms with E-state index in [-0.39, 0.29) is 0 Å². The highest BCUT2D eigenvalue weighted by Gasteiger charge is 2.23. The van der Waals surface area contributed by atoms with Crippen molar-refractivity contribution in [2.75, 3.05) is 7.05 Å². The summed E-state index contributed by atoms with van der Waals surface area (Å²) in [6, 6.07) is 4.26. The molecule has 0 aliphatic carbocycles. The molecular formula is C16H20N2O2. The summed E-state index contributed by atoms with van der Waals surface area (Å²) in [6.45, 7) is 6.75. The average molecular weight is 272 g/mol. The van der Waals surface area contributed by atoms with Crippen LogP contribution in [0, 0.1) is 6.92 Å². The molecule has 0 fully saturated rings. The fourth-order valence-corrected chi connectivity index (χ4v) is 3.32. The zero-order chi connectivity index (χ0) is 14.4. The van der Waals surface area contributed by atoms with E-state index in [2.05, 4.69) is 35.6 Å². The van der Waals surface area contributed by atoms with Crippen LogP contribution in [0.25, 0.3) is 10.9 Å². The van der Waals surface area contributed by atoms with Crippen molar-refractivity contribution in [1.29, 1.82) is 0 Å². The second-order valence-electron chi connectivity index (χ2n) is 5.73. The lowest BCUT2D eigenvalue weighted by Gasteiger charge is -2.07. The van der Waals surface area contributed by atoms with Gasteiger partial charge in [-0.05, 0) is 43.7 Å². The Bertz CT molecular complexity index is 700. The van der Waals surface area contributed by atoms with Gasteiger partial charge in [0, 0.05) is 36.2 Å². The maximum Gasteiger partial charge on any atom is 0.338 e. The summed E-state index contributed by atoms with van der Waals surface area (Å²) >= 11 is 0. The average Bonchev–Trinajstić information content (AvgIpc) is 2.85. The molecule has 0 saturated heterocycles. The molecule has 0 spiro atoms. The van der Waals surface area contributed by atoms with E-state index in [0.29, 0.717) is 5.56 Å². The molecular weight excluding hydrogens is 252 g/mol. The van der Waals surface area contributed by atoms with Crippen molar-refractivity contribution in [3.63, 3.8) is 0 Å². The van der Waals surface area contributed by atoms with Crippen LogP contribution in [0.2, 0.25) is 0 Å². The standard InChI is InChI=1S/C16H20N2O2/c1-4-5-18-10(2)15(16(19)20)13-6-11-8-17(3)9-12(11)7-14(13)18/h6-7H,4-5,8-9H2,1-3H3,(H,19,20). The number of fused-ring (bicyclic) bond motifs is 2. The zero-order valence-corrected chi connectivity index (χ0v) is 12.2. The summed E-state index contributed by atoms with van der Waals surface area (Å²) < 4.78 is 2.15. The summed E-state index contributed by atoms with van der Waals surface area (Å²) in [5, 5.41) is 10.4. The number of carboxylic acid groups (broad SMARTS) is 1. The summed E-state index contributed by atoms with van der Waals surface area (Å²) in [4.78, 5) is 13.8. The Kier molecular flexibility index (Phi) is 3.05. The van der Waals surface area contributed by atoms with E-state index in [1.54, 1.807) is 0 Å². The highest BCUT2D eigenvalue weighted by Crippen LogP contribution is 2.32. The molecule has 4 nitrogen and oxygen atoms in total. The third-order valence-electron chi connectivity index (χ3n) is 4.19. The van der Waals surface area contributed by atoms with Crippen LogP contribution < -0.4 is 0 Å². The van der Waals surface area contributed by atoms with Crippen LogP contribution in [0.15, 0.2) is 12.1 Å². The number of carboxylic acids is 1. The van der Waals surface area contributed by atoms with Crippen LogP contribution in [0.5, 0.6) is 0 Å². The van der Waals surface area contributed by atoms with Crippen LogP contribution in [0.1, 0.15) is 40.5 Å². The van der Waals surface area contributed by atoms with Gasteiger partial charge >= 0.3 is 5.97 Å². The fraction of sp³-hybridized carbons (Fsp3) is 0.438. The molecule has 0 atom stereocenters. The Morgan fingerprint density at radius 2 is 1.95 bits per heavy atom. The minimum Gasteiger partial charge on any atom is -0.478 e. The molecule has 1 aromatic heterocycles. The van der Waals surface area contributed by atoms with Gasteiger partial charge in [0.15, 0.2) is 0 Å². The van der Waals surface area contributed by atoms with E-state index in [4.69, 9.17) is 0 Å². The third kappa shape index (κ3) is 1.83. The molecule has 0 saturated carbocycles. The molecule has 1 aliphatic rings. The number of carbonyl (C=O) groups is 1. The van der Waals surface area contributed by atoms with Gasteiger partial charge in [0.2, 0.25) is 0 Å². The Morgan fingerprint density at radius 1 is 1.30 bits per heavy atom. The number of benzene rings is 1. The predicted octanol–water partition coefficient (Wildman–Crippen LogP) is 3.00. The molecule has 0 unspecified atom stereocenters. The number of hydrogen-bond acceptors (Lipinski definition) is 2. The van der Waals surface area contributed by atoms with Gasteiger partial charge in [0.25, 0.3) is 0 Å². The molecule has 0 radical (unpaired) electrons. The normalized spacial score (nSPS) is 14.9. The monoisotopic (exact) mass is 272 g/mol. The predicted molar refractivity (Wildman–Crippen MR) is 79.1 cm³/mol. The summed E-state index contributed by atoms with van der Waals surface area (Å²) in [5.74, 6) is -0.825. The quantitative estimate of drug-likeness (QED) is 0.934. The smallest absolute Gasteiger partial charge is 0.338 e. The van der Waals surface area contributed by atoms with Crippen LogP contribution >= 0.6 is 0 Å². The topological polar surface area (TPSA) is 45.5 Å². The molecule has 4 heteroatoms. The van der Waals surface area contributed by atoms with Crippen molar-refractivity contribution in [3.05, 3.63) is 34.5 Å². The van der Waals surface area contributed by atoms with E-state index in [1.165, 1.54) is 11.1 Å². The van der Waals surface area contributed by atoms with Gasteiger partial charge in [-0.3, -0.25) is 4.90 Å². The first-order chi connectivity index (χ1) is 9.52. The highest BCUT2D eigenvalue weighted by atomic mass is 16.4. The lowest BCUT2D eigenvalue weighted by Crippen LogP contribution is -2.07. The number of rotatable bonds is 3. The van der Waals surface area contributed by atoms with Gasteiger partial charge in [0.1, 0.15) is 0 Å². The summed E-state index contributed by atoms with van der Waals surface area (Å²) in [7, 11) is 2.09. The maximum atomic E-state index is 11.6. The van der Waals surface area contributed by atoms with E-state index in [9.17, 15) is 9.90 Å². The Hall–Kier alpha value is -1.81. The lowest BCUT2D eigenvalue weighted by molar-refractivity contribution is 0.0698. The third-order valence-corrected chi connectivity index (χ3v) is 4.19. The van der Waals surface area contributed by atoms with Crippen LogP contribution in [0.4, 0.5) is 0 Å². The second-order valence-corrected chi connectivity index (χ2v) is 5.73. The van der Waals surface area contributed by atoms with Crippen molar-refractivity contribution >= 4 is 16.9 Å². The van der Waals surface area contributed by atoms with Crippen molar-refractivity contribution < 1.29 is 9.90 Å². The van der Waals surface area contributed by atoms with E-state index >= 15 is 0 Å². The number of aromatic nitrogens is 1. The lowest BCUT2D eigenvalue weighted by atomic mass is 10.0. The van der Waals surface area contributed by atoms with Crippen LogP contribution in [-0.2, 0) is 19.6 Å². The minimum absolute atomic E-state index is 0.464. The molecule has 0 amide bonds. The zero-order valence-electron chi connectivity index (χ0n) is 12.2. The molecule has 2 heterocycles. The van der Waals surface area contributed by atoms with Gasteiger partial charge in [-0.15, -0.1) is 0 Å². The van der Waals surface area contributed by atoms with Crippen LogP contribution in [0.3, 0.4) is 0 Å². The molecule has 106 valence electrons. The molecule has 0 bridgehead atoms. The summed E-state index contributed by atoms with van der Waals surface area (Å²) in [5.41, 5.74) is 4.98. The van der Waals surface area contributed by atoms with Crippen molar-refractivity contribution in [2.24, 2.45) is 0 Å². The van der Waals surface area contributed by atoms with Gasteiger partial charge < -0.3 is 9.67 Å². The van der Waals surface area contributed by atoms with E-state index in [1.807, 2.05) is 6.92 Å². The van der Waals surface area contributed by atoms with Gasteiger partial charge in [0.05, 0.1) is 5.56 Å². The van der Waals surface area contributed by atoms with Gasteiger partial charge in [-0.2, -0.15) is 0 Å². The first kappa shape index (κ1) is 13.2. The molecule has 1 N–H and O–H groups in total. The van der Waals surface area contributed by atoms with E-state index in [0.717, 1.165) is 42.7 Å². The Morgan fingerprint density at radius 3 is 2.55 bits per heavy atom. The Balaban J connectivity index is 2.31. The minimum atomic E-state index is -0.825. The molecule has 1 aromatic carbocycles. The SMILES string of the molecule is CCCn1c(C)c(C(=O)O)c2cc3c(cc21)CN(C)C3. The second kappa shape index (κ2) is 4.63. The largest absolute Gasteiger partial charge is 0.478 e. The molecule has 1 aliphatic heterocycles. The first-order valence-electron chi connectivity index (χ1n) is 7.09.